The monoisotopic (exact) mass is 471 g/mol. The summed E-state index contributed by atoms with van der Waals surface area (Å²) in [7, 11) is 0. The van der Waals surface area contributed by atoms with Gasteiger partial charge in [-0.25, -0.2) is 0 Å². The van der Waals surface area contributed by atoms with Gasteiger partial charge in [-0.2, -0.15) is 0 Å². The van der Waals surface area contributed by atoms with E-state index in [2.05, 4.69) is 54.4 Å². The molecule has 2 aliphatic heterocycles. The summed E-state index contributed by atoms with van der Waals surface area (Å²) in [5.41, 5.74) is 1.29. The van der Waals surface area contributed by atoms with Crippen molar-refractivity contribution in [1.29, 1.82) is 0 Å². The van der Waals surface area contributed by atoms with Gasteiger partial charge >= 0.3 is 0 Å². The molecular weight excluding hydrogens is 437 g/mol. The number of aliphatic imine (C=N–C) groups is 1. The Labute approximate surface area is 175 Å². The number of ether oxygens (including phenoxy) is 1. The minimum absolute atomic E-state index is 0. The fourth-order valence-electron chi connectivity index (χ4n) is 3.89. The van der Waals surface area contributed by atoms with Gasteiger partial charge in [0.1, 0.15) is 0 Å². The van der Waals surface area contributed by atoms with Crippen LogP contribution >= 0.6 is 24.0 Å². The van der Waals surface area contributed by atoms with Crippen molar-refractivity contribution in [2.45, 2.75) is 45.6 Å². The second-order valence-electron chi connectivity index (χ2n) is 7.47. The van der Waals surface area contributed by atoms with Gasteiger partial charge in [-0.05, 0) is 44.1 Å². The first-order valence-electron chi connectivity index (χ1n) is 9.97. The van der Waals surface area contributed by atoms with Gasteiger partial charge in [0.25, 0.3) is 0 Å². The molecular formula is C21H34IN3O. The van der Waals surface area contributed by atoms with Crippen LogP contribution in [0.2, 0.25) is 0 Å². The molecule has 0 saturated carbocycles. The Kier molecular flexibility index (Phi) is 9.19. The molecule has 0 spiro atoms. The molecule has 0 radical (unpaired) electrons. The van der Waals surface area contributed by atoms with Gasteiger partial charge in [-0.3, -0.25) is 4.99 Å². The summed E-state index contributed by atoms with van der Waals surface area (Å²) in [6.07, 6.45) is 5.05. The fraction of sp³-hybridized carbons (Fsp3) is 0.667. The molecule has 1 aromatic carbocycles. The molecule has 2 fully saturated rings. The summed E-state index contributed by atoms with van der Waals surface area (Å²) in [5, 5.41) is 3.50. The van der Waals surface area contributed by atoms with Crippen molar-refractivity contribution >= 4 is 29.9 Å². The first-order chi connectivity index (χ1) is 12.3. The van der Waals surface area contributed by atoms with Gasteiger partial charge in [0.2, 0.25) is 0 Å². The quantitative estimate of drug-likeness (QED) is 0.400. The van der Waals surface area contributed by atoms with Crippen molar-refractivity contribution in [1.82, 2.24) is 10.2 Å². The minimum Gasteiger partial charge on any atom is -0.373 e. The van der Waals surface area contributed by atoms with Crippen LogP contribution in [0, 0.1) is 11.8 Å². The number of hydrogen-bond acceptors (Lipinski definition) is 2. The SMILES string of the molecule is CCNC(=NCC1CCCOC1c1ccccc1)N1CCC(C)CC1.I. The smallest absolute Gasteiger partial charge is 0.193 e. The van der Waals surface area contributed by atoms with Crippen LogP contribution in [-0.4, -0.2) is 43.6 Å². The zero-order chi connectivity index (χ0) is 17.5. The summed E-state index contributed by atoms with van der Waals surface area (Å²) < 4.78 is 6.13. The lowest BCUT2D eigenvalue weighted by molar-refractivity contribution is -0.0250. The molecule has 1 N–H and O–H groups in total. The standard InChI is InChI=1S/C21H33N3O.HI/c1-3-22-21(24-13-11-17(2)12-14-24)23-16-19-10-7-15-25-20(19)18-8-5-4-6-9-18;/h4-6,8-9,17,19-20H,3,7,10-16H2,1-2H3,(H,22,23);1H. The summed E-state index contributed by atoms with van der Waals surface area (Å²) >= 11 is 0. The maximum Gasteiger partial charge on any atom is 0.193 e. The number of piperidine rings is 1. The Morgan fingerprint density at radius 3 is 2.62 bits per heavy atom. The molecule has 5 heteroatoms. The van der Waals surface area contributed by atoms with E-state index in [1.165, 1.54) is 24.8 Å². The number of guanidine groups is 1. The molecule has 26 heavy (non-hydrogen) atoms. The Balaban J connectivity index is 0.00000243. The average Bonchev–Trinajstić information content (AvgIpc) is 2.67. The van der Waals surface area contributed by atoms with E-state index in [0.717, 1.165) is 51.1 Å². The molecule has 0 aromatic heterocycles. The minimum atomic E-state index is 0. The highest BCUT2D eigenvalue weighted by Gasteiger charge is 2.27. The molecule has 146 valence electrons. The van der Waals surface area contributed by atoms with Crippen molar-refractivity contribution in [2.24, 2.45) is 16.8 Å². The number of halogens is 1. The largest absolute Gasteiger partial charge is 0.373 e. The highest BCUT2D eigenvalue weighted by Crippen LogP contribution is 2.33. The van der Waals surface area contributed by atoms with Gasteiger partial charge in [-0.1, -0.05) is 37.3 Å². The van der Waals surface area contributed by atoms with E-state index in [-0.39, 0.29) is 30.1 Å². The molecule has 2 unspecified atom stereocenters. The third kappa shape index (κ3) is 5.84. The Bertz CT molecular complexity index is 543. The number of nitrogens with one attached hydrogen (secondary N) is 1. The second-order valence-corrected chi connectivity index (χ2v) is 7.47. The lowest BCUT2D eigenvalue weighted by atomic mass is 9.89. The van der Waals surface area contributed by atoms with Crippen molar-refractivity contribution in [3.63, 3.8) is 0 Å². The van der Waals surface area contributed by atoms with Crippen LogP contribution in [0.15, 0.2) is 35.3 Å². The molecule has 2 aliphatic rings. The highest BCUT2D eigenvalue weighted by molar-refractivity contribution is 14.0. The summed E-state index contributed by atoms with van der Waals surface area (Å²) in [4.78, 5) is 7.45. The van der Waals surface area contributed by atoms with Gasteiger partial charge in [0.05, 0.1) is 6.10 Å². The van der Waals surface area contributed by atoms with E-state index in [1.807, 2.05) is 0 Å². The van der Waals surface area contributed by atoms with Crippen molar-refractivity contribution in [3.05, 3.63) is 35.9 Å². The number of nitrogens with zero attached hydrogens (tertiary/aromatic N) is 2. The third-order valence-electron chi connectivity index (χ3n) is 5.47. The number of likely N-dealkylation sites (tertiary alicyclic amines) is 1. The van der Waals surface area contributed by atoms with Crippen molar-refractivity contribution in [3.8, 4) is 0 Å². The summed E-state index contributed by atoms with van der Waals surface area (Å²) in [6.45, 7) is 9.38. The van der Waals surface area contributed by atoms with E-state index < -0.39 is 0 Å². The number of hydrogen-bond donors (Lipinski definition) is 1. The highest BCUT2D eigenvalue weighted by atomic mass is 127. The van der Waals surface area contributed by atoms with Crippen molar-refractivity contribution in [2.75, 3.05) is 32.8 Å². The molecule has 2 saturated heterocycles. The van der Waals surface area contributed by atoms with E-state index in [9.17, 15) is 0 Å². The second kappa shape index (κ2) is 11.1. The number of rotatable bonds is 4. The molecule has 1 aromatic rings. The number of benzene rings is 1. The Hall–Kier alpha value is -0.820. The van der Waals surface area contributed by atoms with Crippen LogP contribution in [0.5, 0.6) is 0 Å². The lowest BCUT2D eigenvalue weighted by Crippen LogP contribution is -2.45. The zero-order valence-electron chi connectivity index (χ0n) is 16.2. The van der Waals surface area contributed by atoms with Crippen LogP contribution in [0.3, 0.4) is 0 Å². The summed E-state index contributed by atoms with van der Waals surface area (Å²) in [5.74, 6) is 2.40. The molecule has 4 nitrogen and oxygen atoms in total. The predicted molar refractivity (Wildman–Crippen MR) is 119 cm³/mol. The zero-order valence-corrected chi connectivity index (χ0v) is 18.5. The van der Waals surface area contributed by atoms with E-state index >= 15 is 0 Å². The lowest BCUT2D eigenvalue weighted by Gasteiger charge is -2.34. The van der Waals surface area contributed by atoms with Gasteiger partial charge in [0, 0.05) is 38.7 Å². The van der Waals surface area contributed by atoms with E-state index in [4.69, 9.17) is 9.73 Å². The molecule has 2 atom stereocenters. The molecule has 0 bridgehead atoms. The normalized spacial score (nSPS) is 24.8. The van der Waals surface area contributed by atoms with E-state index in [1.54, 1.807) is 0 Å². The van der Waals surface area contributed by atoms with Gasteiger partial charge in [0.15, 0.2) is 5.96 Å². The Morgan fingerprint density at radius 2 is 1.92 bits per heavy atom. The Morgan fingerprint density at radius 1 is 1.19 bits per heavy atom. The molecule has 0 aliphatic carbocycles. The van der Waals surface area contributed by atoms with Crippen LogP contribution in [0.1, 0.15) is 51.2 Å². The molecule has 2 heterocycles. The molecule has 0 amide bonds. The van der Waals surface area contributed by atoms with Crippen LogP contribution in [0.4, 0.5) is 0 Å². The maximum atomic E-state index is 6.13. The average molecular weight is 471 g/mol. The third-order valence-corrected chi connectivity index (χ3v) is 5.47. The van der Waals surface area contributed by atoms with Gasteiger partial charge < -0.3 is 15.0 Å². The molecule has 3 rings (SSSR count). The summed E-state index contributed by atoms with van der Waals surface area (Å²) in [6, 6.07) is 10.6. The van der Waals surface area contributed by atoms with E-state index in [0.29, 0.717) is 5.92 Å². The topological polar surface area (TPSA) is 36.9 Å². The van der Waals surface area contributed by atoms with Crippen LogP contribution < -0.4 is 5.32 Å². The van der Waals surface area contributed by atoms with Crippen LogP contribution in [0.25, 0.3) is 0 Å². The first kappa shape index (κ1) is 21.5. The maximum absolute atomic E-state index is 6.13. The predicted octanol–water partition coefficient (Wildman–Crippen LogP) is 4.47. The first-order valence-corrected chi connectivity index (χ1v) is 9.97. The van der Waals surface area contributed by atoms with Crippen molar-refractivity contribution < 1.29 is 4.74 Å². The van der Waals surface area contributed by atoms with Crippen LogP contribution in [-0.2, 0) is 4.74 Å². The van der Waals surface area contributed by atoms with Gasteiger partial charge in [-0.15, -0.1) is 24.0 Å². The fourth-order valence-corrected chi connectivity index (χ4v) is 3.89.